The van der Waals surface area contributed by atoms with Gasteiger partial charge < -0.3 is 4.90 Å². The molecule has 0 N–H and O–H groups in total. The fourth-order valence-electron chi connectivity index (χ4n) is 3.92. The van der Waals surface area contributed by atoms with Crippen molar-refractivity contribution in [2.45, 2.75) is 32.1 Å². The van der Waals surface area contributed by atoms with Gasteiger partial charge in [0, 0.05) is 30.0 Å². The summed E-state index contributed by atoms with van der Waals surface area (Å²) in [5.41, 5.74) is 3.85. The van der Waals surface area contributed by atoms with E-state index < -0.39 is 0 Å². The van der Waals surface area contributed by atoms with Crippen molar-refractivity contribution < 1.29 is 0 Å². The number of fused-ring (bicyclic) bond motifs is 1. The number of halogens is 1. The molecule has 1 saturated carbocycles. The third-order valence-electron chi connectivity index (χ3n) is 4.97. The highest BCUT2D eigenvalue weighted by Gasteiger charge is 2.40. The van der Waals surface area contributed by atoms with Crippen molar-refractivity contribution >= 4 is 32.7 Å². The molecule has 0 bridgehead atoms. The summed E-state index contributed by atoms with van der Waals surface area (Å²) in [5.74, 6) is 0. The number of hydrogen-bond acceptors (Lipinski definition) is 3. The molecule has 0 unspecified atom stereocenters. The van der Waals surface area contributed by atoms with Gasteiger partial charge in [-0.15, -0.1) is 0 Å². The summed E-state index contributed by atoms with van der Waals surface area (Å²) in [6, 6.07) is 4.17. The largest absolute Gasteiger partial charge is 0.369 e. The van der Waals surface area contributed by atoms with E-state index in [-0.39, 0.29) is 0 Å². The Labute approximate surface area is 127 Å². The maximum atomic E-state index is 4.59. The molecule has 0 aromatic carbocycles. The van der Waals surface area contributed by atoms with Crippen molar-refractivity contribution in [3.63, 3.8) is 0 Å². The maximum Gasteiger partial charge on any atom is 0.112 e. The third-order valence-corrected chi connectivity index (χ3v) is 5.40. The van der Waals surface area contributed by atoms with Crippen LogP contribution in [0.1, 0.15) is 32.1 Å². The minimum absolute atomic E-state index is 0.588. The molecule has 1 saturated heterocycles. The van der Waals surface area contributed by atoms with Gasteiger partial charge in [0.05, 0.1) is 11.2 Å². The number of anilines is 1. The summed E-state index contributed by atoms with van der Waals surface area (Å²) < 4.78 is 0.989. The fraction of sp³-hybridized carbons (Fsp3) is 0.500. The second-order valence-electron chi connectivity index (χ2n) is 6.23. The lowest BCUT2D eigenvalue weighted by atomic mass is 9.86. The van der Waals surface area contributed by atoms with Crippen LogP contribution in [0.5, 0.6) is 0 Å². The lowest BCUT2D eigenvalue weighted by Gasteiger charge is -2.25. The Hall–Kier alpha value is -1.16. The summed E-state index contributed by atoms with van der Waals surface area (Å²) in [4.78, 5) is 11.6. The van der Waals surface area contributed by atoms with E-state index in [4.69, 9.17) is 0 Å². The minimum atomic E-state index is 0.588. The molecule has 0 amide bonds. The number of hydrogen-bond donors (Lipinski definition) is 0. The lowest BCUT2D eigenvalue weighted by Crippen LogP contribution is -2.25. The predicted octanol–water partition coefficient (Wildman–Crippen LogP) is 4.16. The summed E-state index contributed by atoms with van der Waals surface area (Å²) in [5, 5.41) is 0. The van der Waals surface area contributed by atoms with Gasteiger partial charge in [-0.25, -0.2) is 0 Å². The van der Waals surface area contributed by atoms with Gasteiger partial charge in [0.15, 0.2) is 0 Å². The van der Waals surface area contributed by atoms with E-state index in [1.807, 2.05) is 18.5 Å². The first-order valence-corrected chi connectivity index (χ1v) is 8.20. The van der Waals surface area contributed by atoms with Crippen molar-refractivity contribution in [2.75, 3.05) is 18.0 Å². The summed E-state index contributed by atoms with van der Waals surface area (Å²) in [6.07, 6.45) is 10.8. The van der Waals surface area contributed by atoms with Crippen molar-refractivity contribution in [3.8, 4) is 0 Å². The Morgan fingerprint density at radius 2 is 2.00 bits per heavy atom. The van der Waals surface area contributed by atoms with Crippen LogP contribution in [0.2, 0.25) is 0 Å². The Morgan fingerprint density at radius 1 is 1.15 bits per heavy atom. The van der Waals surface area contributed by atoms with E-state index in [0.717, 1.165) is 22.1 Å². The molecule has 0 radical (unpaired) electrons. The third kappa shape index (κ3) is 2.01. The van der Waals surface area contributed by atoms with Gasteiger partial charge in [-0.3, -0.25) is 9.97 Å². The van der Waals surface area contributed by atoms with Gasteiger partial charge in [-0.05, 0) is 52.7 Å². The van der Waals surface area contributed by atoms with Crippen LogP contribution >= 0.6 is 15.9 Å². The molecular weight excluding hydrogens is 314 g/mol. The van der Waals surface area contributed by atoms with Crippen LogP contribution in [-0.2, 0) is 0 Å². The van der Waals surface area contributed by atoms with Crippen molar-refractivity contribution in [1.82, 2.24) is 9.97 Å². The molecule has 1 spiro atoms. The van der Waals surface area contributed by atoms with E-state index >= 15 is 0 Å². The average molecular weight is 332 g/mol. The van der Waals surface area contributed by atoms with Crippen molar-refractivity contribution in [2.24, 2.45) is 5.41 Å². The zero-order chi connectivity index (χ0) is 13.6. The molecule has 2 fully saturated rings. The van der Waals surface area contributed by atoms with Crippen LogP contribution in [0.3, 0.4) is 0 Å². The standard InChI is InChI=1S/C16H18BrN3/c17-12-9-13-15(19-10-12)14(3-7-18-13)20-8-6-16(11-20)4-1-2-5-16/h3,7,9-10H,1-2,4-6,8,11H2. The van der Waals surface area contributed by atoms with E-state index in [2.05, 4.69) is 36.9 Å². The Kier molecular flexibility index (Phi) is 2.95. The highest BCUT2D eigenvalue weighted by atomic mass is 79.9. The van der Waals surface area contributed by atoms with Gasteiger partial charge in [0.1, 0.15) is 5.52 Å². The van der Waals surface area contributed by atoms with E-state index in [1.54, 1.807) is 0 Å². The zero-order valence-corrected chi connectivity index (χ0v) is 13.1. The van der Waals surface area contributed by atoms with E-state index in [0.29, 0.717) is 5.41 Å². The van der Waals surface area contributed by atoms with Crippen LogP contribution < -0.4 is 4.90 Å². The quantitative estimate of drug-likeness (QED) is 0.785. The maximum absolute atomic E-state index is 4.59. The Morgan fingerprint density at radius 3 is 2.85 bits per heavy atom. The molecule has 20 heavy (non-hydrogen) atoms. The monoisotopic (exact) mass is 331 g/mol. The van der Waals surface area contributed by atoms with E-state index in [1.165, 1.54) is 44.3 Å². The molecular formula is C16H18BrN3. The van der Waals surface area contributed by atoms with E-state index in [9.17, 15) is 0 Å². The van der Waals surface area contributed by atoms with Gasteiger partial charge >= 0.3 is 0 Å². The molecule has 4 rings (SSSR count). The van der Waals surface area contributed by atoms with Gasteiger partial charge in [0.2, 0.25) is 0 Å². The average Bonchev–Trinajstić information content (AvgIpc) is 3.09. The normalized spacial score (nSPS) is 21.1. The smallest absolute Gasteiger partial charge is 0.112 e. The topological polar surface area (TPSA) is 29.0 Å². The summed E-state index contributed by atoms with van der Waals surface area (Å²) >= 11 is 3.47. The summed E-state index contributed by atoms with van der Waals surface area (Å²) in [6.45, 7) is 2.36. The van der Waals surface area contributed by atoms with Crippen LogP contribution in [0, 0.1) is 5.41 Å². The van der Waals surface area contributed by atoms with Crippen LogP contribution in [0.25, 0.3) is 11.0 Å². The second kappa shape index (κ2) is 4.69. The number of pyridine rings is 2. The van der Waals surface area contributed by atoms with Gasteiger partial charge in [0.25, 0.3) is 0 Å². The molecule has 3 heterocycles. The summed E-state index contributed by atoms with van der Waals surface area (Å²) in [7, 11) is 0. The predicted molar refractivity (Wildman–Crippen MR) is 85.0 cm³/mol. The Balaban J connectivity index is 1.72. The molecule has 1 aliphatic heterocycles. The van der Waals surface area contributed by atoms with Crippen LogP contribution in [0.15, 0.2) is 29.0 Å². The van der Waals surface area contributed by atoms with Gasteiger partial charge in [-0.1, -0.05) is 12.8 Å². The Bertz CT molecular complexity index is 649. The molecule has 104 valence electrons. The van der Waals surface area contributed by atoms with Crippen molar-refractivity contribution in [1.29, 1.82) is 0 Å². The number of aromatic nitrogens is 2. The second-order valence-corrected chi connectivity index (χ2v) is 7.15. The van der Waals surface area contributed by atoms with Crippen molar-refractivity contribution in [3.05, 3.63) is 29.0 Å². The highest BCUT2D eigenvalue weighted by Crippen LogP contribution is 2.46. The fourth-order valence-corrected chi connectivity index (χ4v) is 4.24. The first kappa shape index (κ1) is 12.6. The van der Waals surface area contributed by atoms with Crippen LogP contribution in [-0.4, -0.2) is 23.1 Å². The molecule has 2 aliphatic rings. The first-order valence-electron chi connectivity index (χ1n) is 7.41. The number of nitrogens with zero attached hydrogens (tertiary/aromatic N) is 3. The lowest BCUT2D eigenvalue weighted by molar-refractivity contribution is 0.341. The molecule has 2 aromatic rings. The molecule has 0 atom stereocenters. The molecule has 3 nitrogen and oxygen atoms in total. The van der Waals surface area contributed by atoms with Crippen LogP contribution in [0.4, 0.5) is 5.69 Å². The number of rotatable bonds is 1. The minimum Gasteiger partial charge on any atom is -0.369 e. The molecule has 2 aromatic heterocycles. The first-order chi connectivity index (χ1) is 9.76. The molecule has 1 aliphatic carbocycles. The SMILES string of the molecule is Brc1cnc2c(N3CCC4(CCCC4)C3)ccnc2c1. The highest BCUT2D eigenvalue weighted by molar-refractivity contribution is 9.10. The van der Waals surface area contributed by atoms with Gasteiger partial charge in [-0.2, -0.15) is 0 Å². The zero-order valence-electron chi connectivity index (χ0n) is 11.5. The molecule has 4 heteroatoms.